The van der Waals surface area contributed by atoms with Crippen LogP contribution in [0.2, 0.25) is 0 Å². The second-order valence-corrected chi connectivity index (χ2v) is 8.86. The zero-order valence-corrected chi connectivity index (χ0v) is 16.4. The lowest BCUT2D eigenvalue weighted by atomic mass is 9.94. The normalized spacial score (nSPS) is 15.3. The predicted molar refractivity (Wildman–Crippen MR) is 94.2 cm³/mol. The minimum absolute atomic E-state index is 0.0679. The van der Waals surface area contributed by atoms with Gasteiger partial charge in [0.2, 0.25) is 0 Å². The standard InChI is InChI=1S/C18H20F6S2/c1-9(13-7-12(4)16(25-13)18(22,23)24)5-6-10(2)15-11(3)8-14(26-15)17(19,20)21/h7-10H,5-6H2,1-4H3. The third-order valence-electron chi connectivity index (χ3n) is 4.40. The molecule has 0 aromatic carbocycles. The number of thiophene rings is 2. The molecule has 0 aliphatic rings. The van der Waals surface area contributed by atoms with Crippen molar-refractivity contribution in [2.45, 2.75) is 64.7 Å². The number of alkyl halides is 6. The first-order valence-electron chi connectivity index (χ1n) is 8.15. The van der Waals surface area contributed by atoms with Crippen LogP contribution in [0.3, 0.4) is 0 Å². The largest absolute Gasteiger partial charge is 0.425 e. The SMILES string of the molecule is Cc1cc(C(F)(F)F)sc1C(C)CCC(C)c1cc(C)c(C(F)(F)F)s1. The smallest absolute Gasteiger partial charge is 0.165 e. The lowest BCUT2D eigenvalue weighted by Crippen LogP contribution is -2.03. The summed E-state index contributed by atoms with van der Waals surface area (Å²) in [5.74, 6) is -0.138. The summed E-state index contributed by atoms with van der Waals surface area (Å²) in [5, 5.41) is 0. The van der Waals surface area contributed by atoms with Crippen molar-refractivity contribution in [3.05, 3.63) is 42.8 Å². The molecule has 2 rings (SSSR count). The Balaban J connectivity index is 2.06. The van der Waals surface area contributed by atoms with Gasteiger partial charge in [-0.3, -0.25) is 0 Å². The Kier molecular flexibility index (Phi) is 6.17. The molecule has 0 aliphatic heterocycles. The first-order chi connectivity index (χ1) is 11.8. The van der Waals surface area contributed by atoms with Crippen LogP contribution in [-0.2, 0) is 12.4 Å². The van der Waals surface area contributed by atoms with Gasteiger partial charge in [-0.25, -0.2) is 0 Å². The second kappa shape index (κ2) is 7.54. The molecule has 0 spiro atoms. The first kappa shape index (κ1) is 21.3. The van der Waals surface area contributed by atoms with E-state index in [4.69, 9.17) is 0 Å². The molecule has 26 heavy (non-hydrogen) atoms. The molecule has 2 unspecified atom stereocenters. The van der Waals surface area contributed by atoms with Crippen LogP contribution in [0.4, 0.5) is 26.3 Å². The van der Waals surface area contributed by atoms with Crippen LogP contribution in [0.1, 0.15) is 69.2 Å². The molecule has 0 aliphatic carbocycles. The number of hydrogen-bond donors (Lipinski definition) is 0. The van der Waals surface area contributed by atoms with Gasteiger partial charge < -0.3 is 0 Å². The number of halogens is 6. The lowest BCUT2D eigenvalue weighted by molar-refractivity contribution is -0.135. The minimum atomic E-state index is -4.35. The summed E-state index contributed by atoms with van der Waals surface area (Å²) in [5.41, 5.74) is 0.843. The van der Waals surface area contributed by atoms with Crippen LogP contribution in [0, 0.1) is 13.8 Å². The summed E-state index contributed by atoms with van der Waals surface area (Å²) in [6, 6.07) is 2.74. The second-order valence-electron chi connectivity index (χ2n) is 6.69. The molecule has 2 aromatic rings. The maximum absolute atomic E-state index is 12.9. The van der Waals surface area contributed by atoms with Gasteiger partial charge in [0, 0.05) is 9.75 Å². The van der Waals surface area contributed by atoms with Gasteiger partial charge in [0.15, 0.2) is 0 Å². The van der Waals surface area contributed by atoms with Gasteiger partial charge in [-0.1, -0.05) is 13.8 Å². The van der Waals surface area contributed by atoms with E-state index in [0.717, 1.165) is 28.7 Å². The van der Waals surface area contributed by atoms with E-state index in [0.29, 0.717) is 28.2 Å². The van der Waals surface area contributed by atoms with Crippen molar-refractivity contribution in [1.82, 2.24) is 0 Å². The zero-order chi connectivity index (χ0) is 19.9. The highest BCUT2D eigenvalue weighted by Crippen LogP contribution is 2.43. The van der Waals surface area contributed by atoms with Gasteiger partial charge in [-0.15, -0.1) is 22.7 Å². The molecule has 0 radical (unpaired) electrons. The Morgan fingerprint density at radius 2 is 1.38 bits per heavy atom. The van der Waals surface area contributed by atoms with E-state index in [2.05, 4.69) is 0 Å². The van der Waals surface area contributed by atoms with Crippen LogP contribution in [0.15, 0.2) is 12.1 Å². The van der Waals surface area contributed by atoms with E-state index in [1.807, 2.05) is 13.8 Å². The Morgan fingerprint density at radius 3 is 1.85 bits per heavy atom. The van der Waals surface area contributed by atoms with E-state index in [9.17, 15) is 26.3 Å². The van der Waals surface area contributed by atoms with Crippen LogP contribution < -0.4 is 0 Å². The highest BCUT2D eigenvalue weighted by Gasteiger charge is 2.35. The molecule has 2 heterocycles. The Bertz CT molecular complexity index is 751. The molecular weight excluding hydrogens is 394 g/mol. The summed E-state index contributed by atoms with van der Waals surface area (Å²) >= 11 is 1.52. The van der Waals surface area contributed by atoms with Crippen molar-refractivity contribution in [3.63, 3.8) is 0 Å². The Hall–Kier alpha value is -1.02. The molecule has 8 heteroatoms. The van der Waals surface area contributed by atoms with Crippen molar-refractivity contribution in [3.8, 4) is 0 Å². The third-order valence-corrected chi connectivity index (χ3v) is 7.42. The molecule has 0 saturated heterocycles. The molecule has 146 valence electrons. The fourth-order valence-corrected chi connectivity index (χ4v) is 5.18. The molecule has 0 N–H and O–H groups in total. The minimum Gasteiger partial charge on any atom is -0.165 e. The van der Waals surface area contributed by atoms with Crippen molar-refractivity contribution in [1.29, 1.82) is 0 Å². The molecule has 0 nitrogen and oxygen atoms in total. The first-order valence-corrected chi connectivity index (χ1v) is 9.79. The number of aryl methyl sites for hydroxylation is 2. The van der Waals surface area contributed by atoms with Gasteiger partial charge in [0.1, 0.15) is 9.75 Å². The van der Waals surface area contributed by atoms with Gasteiger partial charge in [0.05, 0.1) is 0 Å². The number of rotatable bonds is 5. The summed E-state index contributed by atoms with van der Waals surface area (Å²) < 4.78 is 77.3. The maximum Gasteiger partial charge on any atom is 0.425 e. The molecule has 0 saturated carbocycles. The highest BCUT2D eigenvalue weighted by molar-refractivity contribution is 7.12. The van der Waals surface area contributed by atoms with Crippen LogP contribution in [-0.4, -0.2) is 0 Å². The summed E-state index contributed by atoms with van der Waals surface area (Å²) in [6.45, 7) is 6.85. The molecule has 0 bridgehead atoms. The van der Waals surface area contributed by atoms with Gasteiger partial charge >= 0.3 is 12.4 Å². The summed E-state index contributed by atoms with van der Waals surface area (Å²) in [4.78, 5) is 0.189. The topological polar surface area (TPSA) is 0 Å². The van der Waals surface area contributed by atoms with E-state index in [1.165, 1.54) is 6.92 Å². The number of hydrogen-bond acceptors (Lipinski definition) is 2. The van der Waals surface area contributed by atoms with Crippen LogP contribution in [0.25, 0.3) is 0 Å². The predicted octanol–water partition coefficient (Wildman–Crippen LogP) is 8.15. The van der Waals surface area contributed by atoms with E-state index >= 15 is 0 Å². The van der Waals surface area contributed by atoms with Crippen molar-refractivity contribution in [2.24, 2.45) is 0 Å². The maximum atomic E-state index is 12.9. The van der Waals surface area contributed by atoms with Gasteiger partial charge in [0.25, 0.3) is 0 Å². The van der Waals surface area contributed by atoms with Gasteiger partial charge in [-0.05, 0) is 61.8 Å². The molecule has 2 atom stereocenters. The van der Waals surface area contributed by atoms with Crippen LogP contribution >= 0.6 is 22.7 Å². The van der Waals surface area contributed by atoms with Crippen molar-refractivity contribution in [2.75, 3.05) is 0 Å². The molecule has 0 fully saturated rings. The van der Waals surface area contributed by atoms with Gasteiger partial charge in [-0.2, -0.15) is 26.3 Å². The fraction of sp³-hybridized carbons (Fsp3) is 0.556. The fourth-order valence-electron chi connectivity index (χ4n) is 2.93. The zero-order valence-electron chi connectivity index (χ0n) is 14.8. The summed E-state index contributed by atoms with van der Waals surface area (Å²) in [6.07, 6.45) is -7.44. The average Bonchev–Trinajstić information content (AvgIpc) is 3.07. The Labute approximate surface area is 156 Å². The third kappa shape index (κ3) is 4.82. The van der Waals surface area contributed by atoms with Crippen LogP contribution in [0.5, 0.6) is 0 Å². The lowest BCUT2D eigenvalue weighted by Gasteiger charge is -2.14. The van der Waals surface area contributed by atoms with Crippen molar-refractivity contribution >= 4 is 22.7 Å². The molecular formula is C18H20F6S2. The quantitative estimate of drug-likeness (QED) is 0.433. The molecule has 2 aromatic heterocycles. The molecule has 0 amide bonds. The monoisotopic (exact) mass is 414 g/mol. The van der Waals surface area contributed by atoms with Crippen molar-refractivity contribution < 1.29 is 26.3 Å². The average molecular weight is 414 g/mol. The Morgan fingerprint density at radius 1 is 0.808 bits per heavy atom. The highest BCUT2D eigenvalue weighted by atomic mass is 32.1. The summed E-state index contributed by atoms with van der Waals surface area (Å²) in [7, 11) is 0. The van der Waals surface area contributed by atoms with E-state index < -0.39 is 22.1 Å². The van der Waals surface area contributed by atoms with E-state index in [1.54, 1.807) is 13.0 Å². The van der Waals surface area contributed by atoms with E-state index in [-0.39, 0.29) is 17.4 Å².